The molecule has 3 aromatic rings. The summed E-state index contributed by atoms with van der Waals surface area (Å²) in [5.74, 6) is 2.13. The van der Waals surface area contributed by atoms with E-state index < -0.39 is 14.9 Å². The third-order valence-electron chi connectivity index (χ3n) is 5.22. The Balaban J connectivity index is 1.36. The predicted molar refractivity (Wildman–Crippen MR) is 123 cm³/mol. The number of aromatic amines is 1. The van der Waals surface area contributed by atoms with Gasteiger partial charge in [-0.2, -0.15) is 9.29 Å². The average molecular weight is 491 g/mol. The molecule has 1 aliphatic heterocycles. The first kappa shape index (κ1) is 23.0. The van der Waals surface area contributed by atoms with Crippen LogP contribution >= 0.6 is 12.2 Å². The molecule has 0 amide bonds. The molecule has 1 aliphatic rings. The number of hydrogen-bond donors (Lipinski definition) is 1. The fourth-order valence-electron chi connectivity index (χ4n) is 3.45. The first-order chi connectivity index (χ1) is 15.7. The van der Waals surface area contributed by atoms with Crippen LogP contribution < -0.4 is 0 Å². The highest BCUT2D eigenvalue weighted by molar-refractivity contribution is 7.89. The topological polar surface area (TPSA) is 131 Å². The molecule has 3 heterocycles. The summed E-state index contributed by atoms with van der Waals surface area (Å²) in [5.41, 5.74) is -0.149. The van der Waals surface area contributed by atoms with Gasteiger partial charge in [0.1, 0.15) is 17.3 Å². The van der Waals surface area contributed by atoms with E-state index in [0.717, 1.165) is 5.76 Å². The minimum atomic E-state index is -3.72. The Morgan fingerprint density at radius 3 is 2.45 bits per heavy atom. The molecule has 0 radical (unpaired) electrons. The SMILES string of the molecule is Cc1ccc(/C=C/c2nc(=S)n(CN3CCN(S(=O)(=O)c4ccc([N+](=O)[O-])cc4)CC3)[nH]2)o1. The molecule has 0 aliphatic carbocycles. The third-order valence-corrected chi connectivity index (χ3v) is 7.45. The van der Waals surface area contributed by atoms with Crippen LogP contribution in [-0.2, 0) is 16.7 Å². The summed E-state index contributed by atoms with van der Waals surface area (Å²) in [6.07, 6.45) is 3.58. The number of nitro benzene ring substituents is 1. The Labute approximate surface area is 195 Å². The van der Waals surface area contributed by atoms with E-state index in [-0.39, 0.29) is 10.6 Å². The lowest BCUT2D eigenvalue weighted by molar-refractivity contribution is -0.384. The van der Waals surface area contributed by atoms with Gasteiger partial charge >= 0.3 is 0 Å². The minimum Gasteiger partial charge on any atom is -0.462 e. The van der Waals surface area contributed by atoms with Crippen molar-refractivity contribution >= 4 is 40.1 Å². The first-order valence-electron chi connectivity index (χ1n) is 10.1. The molecule has 4 rings (SSSR count). The zero-order valence-electron chi connectivity index (χ0n) is 17.7. The van der Waals surface area contributed by atoms with Crippen LogP contribution in [0.1, 0.15) is 17.3 Å². The molecule has 13 heteroatoms. The second-order valence-corrected chi connectivity index (χ2v) is 9.82. The highest BCUT2D eigenvalue weighted by Gasteiger charge is 2.29. The molecular weight excluding hydrogens is 468 g/mol. The Hall–Kier alpha value is -3.13. The van der Waals surface area contributed by atoms with Crippen molar-refractivity contribution in [3.63, 3.8) is 0 Å². The number of non-ortho nitro benzene ring substituents is 1. The van der Waals surface area contributed by atoms with Crippen LogP contribution in [0.2, 0.25) is 0 Å². The van der Waals surface area contributed by atoms with E-state index in [1.165, 1.54) is 28.6 Å². The highest BCUT2D eigenvalue weighted by atomic mass is 32.2. The van der Waals surface area contributed by atoms with Crippen molar-refractivity contribution in [2.24, 2.45) is 0 Å². The average Bonchev–Trinajstić information content (AvgIpc) is 3.37. The van der Waals surface area contributed by atoms with Gasteiger partial charge in [0, 0.05) is 38.3 Å². The molecule has 0 unspecified atom stereocenters. The van der Waals surface area contributed by atoms with Gasteiger partial charge in [0.2, 0.25) is 14.8 Å². The van der Waals surface area contributed by atoms with E-state index in [2.05, 4.69) is 15.0 Å². The molecule has 174 valence electrons. The zero-order chi connectivity index (χ0) is 23.6. The zero-order valence-corrected chi connectivity index (χ0v) is 19.4. The Morgan fingerprint density at radius 1 is 1.15 bits per heavy atom. The number of sulfonamides is 1. The monoisotopic (exact) mass is 490 g/mol. The smallest absolute Gasteiger partial charge is 0.269 e. The quantitative estimate of drug-likeness (QED) is 0.304. The summed E-state index contributed by atoms with van der Waals surface area (Å²) < 4.78 is 34.7. The van der Waals surface area contributed by atoms with Crippen LogP contribution in [0.25, 0.3) is 12.2 Å². The van der Waals surface area contributed by atoms with Crippen LogP contribution in [0.3, 0.4) is 0 Å². The number of aromatic nitrogens is 3. The predicted octanol–water partition coefficient (Wildman–Crippen LogP) is 2.88. The number of benzene rings is 1. The summed E-state index contributed by atoms with van der Waals surface area (Å²) in [6, 6.07) is 8.67. The number of aryl methyl sites for hydroxylation is 1. The van der Waals surface area contributed by atoms with Crippen LogP contribution in [0, 0.1) is 21.8 Å². The molecule has 2 aromatic heterocycles. The van der Waals surface area contributed by atoms with Gasteiger partial charge in [-0.3, -0.25) is 20.1 Å². The van der Waals surface area contributed by atoms with Gasteiger partial charge in [-0.1, -0.05) is 0 Å². The van der Waals surface area contributed by atoms with Gasteiger partial charge in [-0.15, -0.1) is 0 Å². The Morgan fingerprint density at radius 2 is 1.85 bits per heavy atom. The third kappa shape index (κ3) is 5.27. The lowest BCUT2D eigenvalue weighted by Crippen LogP contribution is -2.48. The Kier molecular flexibility index (Phi) is 6.56. The van der Waals surface area contributed by atoms with E-state index in [4.69, 9.17) is 16.6 Å². The summed E-state index contributed by atoms with van der Waals surface area (Å²) in [6.45, 7) is 3.92. The van der Waals surface area contributed by atoms with Gasteiger partial charge in [-0.05, 0) is 55.6 Å². The van der Waals surface area contributed by atoms with Crippen molar-refractivity contribution in [1.29, 1.82) is 0 Å². The molecular formula is C20H22N6O5S2. The number of nitro groups is 1. The van der Waals surface area contributed by atoms with Crippen molar-refractivity contribution in [2.45, 2.75) is 18.5 Å². The molecule has 11 nitrogen and oxygen atoms in total. The van der Waals surface area contributed by atoms with E-state index in [0.29, 0.717) is 49.2 Å². The van der Waals surface area contributed by atoms with Crippen LogP contribution in [0.5, 0.6) is 0 Å². The van der Waals surface area contributed by atoms with E-state index in [9.17, 15) is 18.5 Å². The molecule has 0 atom stereocenters. The maximum atomic E-state index is 12.9. The number of nitrogens with one attached hydrogen (secondary N) is 1. The largest absolute Gasteiger partial charge is 0.462 e. The van der Waals surface area contributed by atoms with Crippen molar-refractivity contribution in [3.05, 3.63) is 68.6 Å². The highest BCUT2D eigenvalue weighted by Crippen LogP contribution is 2.21. The van der Waals surface area contributed by atoms with Crippen molar-refractivity contribution in [1.82, 2.24) is 24.0 Å². The fourth-order valence-corrected chi connectivity index (χ4v) is 5.07. The van der Waals surface area contributed by atoms with Crippen LogP contribution in [-0.4, -0.2) is 63.5 Å². The molecule has 0 saturated carbocycles. The molecule has 0 bridgehead atoms. The number of rotatable bonds is 7. The number of piperazine rings is 1. The number of hydrogen-bond acceptors (Lipinski definition) is 8. The van der Waals surface area contributed by atoms with E-state index in [1.807, 2.05) is 19.1 Å². The lowest BCUT2D eigenvalue weighted by atomic mass is 10.3. The van der Waals surface area contributed by atoms with Gasteiger partial charge in [0.15, 0.2) is 0 Å². The summed E-state index contributed by atoms with van der Waals surface area (Å²) in [5, 5.41) is 13.9. The fraction of sp³-hybridized carbons (Fsp3) is 0.300. The molecule has 0 spiro atoms. The van der Waals surface area contributed by atoms with Crippen LogP contribution in [0.15, 0.2) is 45.7 Å². The minimum absolute atomic E-state index is 0.0421. The lowest BCUT2D eigenvalue weighted by Gasteiger charge is -2.33. The van der Waals surface area contributed by atoms with E-state index in [1.54, 1.807) is 16.8 Å². The summed E-state index contributed by atoms with van der Waals surface area (Å²) in [7, 11) is -3.72. The van der Waals surface area contributed by atoms with Crippen molar-refractivity contribution in [2.75, 3.05) is 26.2 Å². The van der Waals surface area contributed by atoms with Crippen LogP contribution in [0.4, 0.5) is 5.69 Å². The Bertz CT molecular complexity index is 1330. The normalized spacial score (nSPS) is 15.9. The van der Waals surface area contributed by atoms with Gasteiger partial charge in [0.25, 0.3) is 5.69 Å². The molecule has 1 saturated heterocycles. The molecule has 1 N–H and O–H groups in total. The standard InChI is InChI=1S/C20H22N6O5S2/c1-15-2-5-17(31-15)6-9-19-21-20(32)25(22-19)14-23-10-12-24(13-11-23)33(29,30)18-7-3-16(4-8-18)26(27)28/h2-9H,10-14H2,1H3,(H,21,22,32)/b9-6+. The molecule has 33 heavy (non-hydrogen) atoms. The number of furan rings is 1. The van der Waals surface area contributed by atoms with Crippen molar-refractivity contribution < 1.29 is 17.8 Å². The van der Waals surface area contributed by atoms with E-state index >= 15 is 0 Å². The molecule has 1 fully saturated rings. The summed E-state index contributed by atoms with van der Waals surface area (Å²) in [4.78, 5) is 16.7. The number of nitrogens with zero attached hydrogens (tertiary/aromatic N) is 5. The number of H-pyrrole nitrogens is 1. The first-order valence-corrected chi connectivity index (χ1v) is 12.0. The van der Waals surface area contributed by atoms with Crippen molar-refractivity contribution in [3.8, 4) is 0 Å². The maximum absolute atomic E-state index is 12.9. The molecule has 1 aromatic carbocycles. The second-order valence-electron chi connectivity index (χ2n) is 7.52. The van der Waals surface area contributed by atoms with Gasteiger partial charge in [-0.25, -0.2) is 13.1 Å². The van der Waals surface area contributed by atoms with Gasteiger partial charge in [0.05, 0.1) is 16.5 Å². The second kappa shape index (κ2) is 9.39. The van der Waals surface area contributed by atoms with Gasteiger partial charge < -0.3 is 4.42 Å². The maximum Gasteiger partial charge on any atom is 0.269 e. The summed E-state index contributed by atoms with van der Waals surface area (Å²) >= 11 is 5.33.